The van der Waals surface area contributed by atoms with Gasteiger partial charge in [0.05, 0.1) is 5.75 Å². The monoisotopic (exact) mass is 264 g/mol. The molecule has 1 aromatic rings. The molecule has 0 radical (unpaired) electrons. The summed E-state index contributed by atoms with van der Waals surface area (Å²) in [7, 11) is 0. The van der Waals surface area contributed by atoms with Crippen molar-refractivity contribution in [2.75, 3.05) is 31.9 Å². The molecule has 98 valence electrons. The Kier molecular flexibility index (Phi) is 5.55. The zero-order valence-corrected chi connectivity index (χ0v) is 11.4. The Morgan fingerprint density at radius 3 is 2.89 bits per heavy atom. The lowest BCUT2D eigenvalue weighted by molar-refractivity contribution is -0.128. The highest BCUT2D eigenvalue weighted by atomic mass is 32.2. The zero-order chi connectivity index (χ0) is 12.6. The molecular weight excluding hydrogens is 244 g/mol. The van der Waals surface area contributed by atoms with Crippen molar-refractivity contribution in [2.45, 2.75) is 12.2 Å². The Labute approximate surface area is 113 Å². The van der Waals surface area contributed by atoms with E-state index in [4.69, 9.17) is 0 Å². The molecule has 1 heterocycles. The lowest BCUT2D eigenvalue weighted by Gasteiger charge is -2.19. The van der Waals surface area contributed by atoms with Crippen LogP contribution in [0.1, 0.15) is 12.0 Å². The van der Waals surface area contributed by atoms with Crippen LogP contribution in [0.25, 0.3) is 0 Å². The summed E-state index contributed by atoms with van der Waals surface area (Å²) in [6.07, 6.45) is 1.06. The number of nitrogens with zero attached hydrogens (tertiary/aromatic N) is 1. The van der Waals surface area contributed by atoms with E-state index in [2.05, 4.69) is 17.4 Å². The van der Waals surface area contributed by atoms with E-state index in [0.29, 0.717) is 5.75 Å². The highest BCUT2D eigenvalue weighted by Crippen LogP contribution is 2.12. The molecule has 18 heavy (non-hydrogen) atoms. The zero-order valence-electron chi connectivity index (χ0n) is 10.6. The fourth-order valence-electron chi connectivity index (χ4n) is 2.02. The summed E-state index contributed by atoms with van der Waals surface area (Å²) >= 11 is 1.70. The molecule has 1 fully saturated rings. The Balaban J connectivity index is 1.71. The van der Waals surface area contributed by atoms with Crippen molar-refractivity contribution in [3.05, 3.63) is 35.9 Å². The molecule has 3 nitrogen and oxygen atoms in total. The van der Waals surface area contributed by atoms with Crippen molar-refractivity contribution < 1.29 is 4.79 Å². The molecule has 0 bridgehead atoms. The van der Waals surface area contributed by atoms with Crippen LogP contribution in [0.5, 0.6) is 0 Å². The maximum Gasteiger partial charge on any atom is 0.232 e. The number of carbonyl (C=O) groups excluding carboxylic acids is 1. The molecule has 0 atom stereocenters. The second kappa shape index (κ2) is 7.44. The van der Waals surface area contributed by atoms with Crippen LogP contribution in [-0.2, 0) is 10.5 Å². The summed E-state index contributed by atoms with van der Waals surface area (Å²) in [6.45, 7) is 3.71. The summed E-state index contributed by atoms with van der Waals surface area (Å²) in [5.74, 6) is 1.78. The van der Waals surface area contributed by atoms with Crippen molar-refractivity contribution in [3.8, 4) is 0 Å². The molecule has 0 aromatic heterocycles. The van der Waals surface area contributed by atoms with Gasteiger partial charge in [0, 0.05) is 25.4 Å². The van der Waals surface area contributed by atoms with Gasteiger partial charge in [-0.1, -0.05) is 30.3 Å². The smallest absolute Gasteiger partial charge is 0.232 e. The van der Waals surface area contributed by atoms with E-state index in [0.717, 1.165) is 38.4 Å². The van der Waals surface area contributed by atoms with Crippen molar-refractivity contribution >= 4 is 17.7 Å². The first kappa shape index (κ1) is 13.4. The molecule has 1 N–H and O–H groups in total. The molecule has 0 unspecified atom stereocenters. The van der Waals surface area contributed by atoms with E-state index >= 15 is 0 Å². The third-order valence-electron chi connectivity index (χ3n) is 3.03. The third-order valence-corrected chi connectivity index (χ3v) is 4.02. The number of thioether (sulfide) groups is 1. The minimum Gasteiger partial charge on any atom is -0.341 e. The number of hydrogen-bond acceptors (Lipinski definition) is 3. The van der Waals surface area contributed by atoms with E-state index in [1.807, 2.05) is 23.1 Å². The van der Waals surface area contributed by atoms with Crippen LogP contribution in [0.2, 0.25) is 0 Å². The first-order valence-corrected chi connectivity index (χ1v) is 7.62. The molecule has 0 aliphatic carbocycles. The van der Waals surface area contributed by atoms with Gasteiger partial charge in [-0.05, 0) is 18.5 Å². The lowest BCUT2D eigenvalue weighted by Crippen LogP contribution is -2.35. The van der Waals surface area contributed by atoms with E-state index in [1.54, 1.807) is 11.8 Å². The summed E-state index contributed by atoms with van der Waals surface area (Å²) in [6, 6.07) is 10.3. The van der Waals surface area contributed by atoms with Crippen molar-refractivity contribution in [3.63, 3.8) is 0 Å². The van der Waals surface area contributed by atoms with Crippen molar-refractivity contribution in [2.24, 2.45) is 0 Å². The number of nitrogens with one attached hydrogen (secondary N) is 1. The van der Waals surface area contributed by atoms with Crippen LogP contribution in [0, 0.1) is 0 Å². The number of amides is 1. The van der Waals surface area contributed by atoms with Gasteiger partial charge in [-0.3, -0.25) is 4.79 Å². The largest absolute Gasteiger partial charge is 0.341 e. The molecule has 0 spiro atoms. The Morgan fingerprint density at radius 1 is 1.22 bits per heavy atom. The maximum atomic E-state index is 12.0. The van der Waals surface area contributed by atoms with Crippen LogP contribution in [0.3, 0.4) is 0 Å². The normalized spacial score (nSPS) is 16.3. The molecule has 0 saturated carbocycles. The minimum absolute atomic E-state index is 0.277. The summed E-state index contributed by atoms with van der Waals surface area (Å²) in [5, 5.41) is 3.31. The van der Waals surface area contributed by atoms with Gasteiger partial charge in [0.1, 0.15) is 0 Å². The quantitative estimate of drug-likeness (QED) is 0.899. The van der Waals surface area contributed by atoms with Gasteiger partial charge in [0.2, 0.25) is 5.91 Å². The Bertz CT molecular complexity index is 361. The number of hydrogen-bond donors (Lipinski definition) is 1. The SMILES string of the molecule is O=C(CSCc1ccccc1)N1CCCNCC1. The van der Waals surface area contributed by atoms with Crippen molar-refractivity contribution in [1.82, 2.24) is 10.2 Å². The molecule has 4 heteroatoms. The Morgan fingerprint density at radius 2 is 2.06 bits per heavy atom. The topological polar surface area (TPSA) is 32.3 Å². The van der Waals surface area contributed by atoms with Gasteiger partial charge in [0.15, 0.2) is 0 Å². The molecule has 2 rings (SSSR count). The van der Waals surface area contributed by atoms with Gasteiger partial charge in [0.25, 0.3) is 0 Å². The summed E-state index contributed by atoms with van der Waals surface area (Å²) < 4.78 is 0. The maximum absolute atomic E-state index is 12.0. The van der Waals surface area contributed by atoms with Gasteiger partial charge < -0.3 is 10.2 Å². The second-order valence-corrected chi connectivity index (χ2v) is 5.45. The van der Waals surface area contributed by atoms with Crippen LogP contribution >= 0.6 is 11.8 Å². The first-order chi connectivity index (χ1) is 8.86. The molecule has 1 amide bonds. The van der Waals surface area contributed by atoms with Gasteiger partial charge in [-0.25, -0.2) is 0 Å². The van der Waals surface area contributed by atoms with Gasteiger partial charge >= 0.3 is 0 Å². The number of carbonyl (C=O) groups is 1. The fraction of sp³-hybridized carbons (Fsp3) is 0.500. The molecule has 1 aliphatic rings. The predicted molar refractivity (Wildman–Crippen MR) is 76.7 cm³/mol. The van der Waals surface area contributed by atoms with Crippen LogP contribution < -0.4 is 5.32 Å². The average Bonchev–Trinajstić information content (AvgIpc) is 2.69. The Hall–Kier alpha value is -1.00. The standard InChI is InChI=1S/C14H20N2OS/c17-14(16-9-4-7-15-8-10-16)12-18-11-13-5-2-1-3-6-13/h1-3,5-6,15H,4,7-12H2. The first-order valence-electron chi connectivity index (χ1n) is 6.46. The van der Waals surface area contributed by atoms with E-state index in [-0.39, 0.29) is 5.91 Å². The highest BCUT2D eigenvalue weighted by molar-refractivity contribution is 7.99. The molecule has 1 saturated heterocycles. The molecule has 1 aliphatic heterocycles. The average molecular weight is 264 g/mol. The highest BCUT2D eigenvalue weighted by Gasteiger charge is 2.14. The van der Waals surface area contributed by atoms with Crippen LogP contribution in [0.15, 0.2) is 30.3 Å². The number of benzene rings is 1. The molecular formula is C14H20N2OS. The van der Waals surface area contributed by atoms with E-state index in [9.17, 15) is 4.79 Å². The lowest BCUT2D eigenvalue weighted by atomic mass is 10.2. The van der Waals surface area contributed by atoms with Gasteiger partial charge in [-0.2, -0.15) is 0 Å². The second-order valence-electron chi connectivity index (χ2n) is 4.46. The van der Waals surface area contributed by atoms with Crippen molar-refractivity contribution in [1.29, 1.82) is 0 Å². The minimum atomic E-state index is 0.277. The third kappa shape index (κ3) is 4.35. The van der Waals surface area contributed by atoms with E-state index in [1.165, 1.54) is 5.56 Å². The number of rotatable bonds is 4. The summed E-state index contributed by atoms with van der Waals surface area (Å²) in [5.41, 5.74) is 1.29. The van der Waals surface area contributed by atoms with E-state index < -0.39 is 0 Å². The van der Waals surface area contributed by atoms with Crippen LogP contribution in [-0.4, -0.2) is 42.7 Å². The molecule has 1 aromatic carbocycles. The fourth-order valence-corrected chi connectivity index (χ4v) is 2.90. The predicted octanol–water partition coefficient (Wildman–Crippen LogP) is 1.74. The summed E-state index contributed by atoms with van der Waals surface area (Å²) in [4.78, 5) is 14.0. The van der Waals surface area contributed by atoms with Gasteiger partial charge in [-0.15, -0.1) is 11.8 Å². The van der Waals surface area contributed by atoms with Crippen LogP contribution in [0.4, 0.5) is 0 Å².